The summed E-state index contributed by atoms with van der Waals surface area (Å²) in [6.45, 7) is 4.38. The number of nitrogens with one attached hydrogen (secondary N) is 1. The van der Waals surface area contributed by atoms with E-state index in [1.807, 2.05) is 28.8 Å². The van der Waals surface area contributed by atoms with Gasteiger partial charge in [-0.05, 0) is 29.8 Å². The Morgan fingerprint density at radius 3 is 2.47 bits per heavy atom. The number of carbonyl (C=O) groups excluding carboxylic acids is 1. The number of benzene rings is 2. The first kappa shape index (κ1) is 23.2. The Kier molecular flexibility index (Phi) is 8.15. The van der Waals surface area contributed by atoms with Crippen LogP contribution in [-0.2, 0) is 17.8 Å². The van der Waals surface area contributed by atoms with Gasteiger partial charge in [-0.25, -0.2) is 0 Å². The summed E-state index contributed by atoms with van der Waals surface area (Å²) < 4.78 is 17.7. The summed E-state index contributed by atoms with van der Waals surface area (Å²) in [5, 5.41) is 12.1. The Morgan fingerprint density at radius 2 is 1.81 bits per heavy atom. The van der Waals surface area contributed by atoms with E-state index in [1.54, 1.807) is 45.6 Å². The molecule has 0 radical (unpaired) electrons. The van der Waals surface area contributed by atoms with Crippen molar-refractivity contribution >= 4 is 23.4 Å². The van der Waals surface area contributed by atoms with Crippen molar-refractivity contribution in [2.45, 2.75) is 18.1 Å². The van der Waals surface area contributed by atoms with Crippen molar-refractivity contribution < 1.29 is 19.0 Å². The molecular weight excluding hydrogens is 428 g/mol. The standard InChI is InChI=1S/C23H26N4O4S/c1-5-12-27-21(13-16-6-9-18(29-2)10-7-16)25-26-23(27)32-15-22(28)24-17-8-11-19(30-3)20(14-17)31-4/h5-11,14H,1,12-13,15H2,2-4H3,(H,24,28). The molecule has 0 aliphatic carbocycles. The Labute approximate surface area is 191 Å². The summed E-state index contributed by atoms with van der Waals surface area (Å²) in [6.07, 6.45) is 2.40. The van der Waals surface area contributed by atoms with Gasteiger partial charge in [0, 0.05) is 24.7 Å². The Hall–Kier alpha value is -3.46. The average Bonchev–Trinajstić information content (AvgIpc) is 3.19. The highest BCUT2D eigenvalue weighted by Gasteiger charge is 2.15. The lowest BCUT2D eigenvalue weighted by atomic mass is 10.1. The molecule has 0 saturated heterocycles. The van der Waals surface area contributed by atoms with Crippen LogP contribution in [-0.4, -0.2) is 47.8 Å². The van der Waals surface area contributed by atoms with E-state index in [-0.39, 0.29) is 11.7 Å². The molecule has 1 aromatic heterocycles. The quantitative estimate of drug-likeness (QED) is 0.348. The van der Waals surface area contributed by atoms with Gasteiger partial charge in [0.05, 0.1) is 27.1 Å². The summed E-state index contributed by atoms with van der Waals surface area (Å²) in [7, 11) is 4.75. The smallest absolute Gasteiger partial charge is 0.234 e. The van der Waals surface area contributed by atoms with Gasteiger partial charge in [-0.1, -0.05) is 30.0 Å². The zero-order chi connectivity index (χ0) is 22.9. The molecule has 0 unspecified atom stereocenters. The normalized spacial score (nSPS) is 10.5. The number of carbonyl (C=O) groups is 1. The van der Waals surface area contributed by atoms with E-state index in [9.17, 15) is 4.79 Å². The third-order valence-corrected chi connectivity index (χ3v) is 5.59. The summed E-state index contributed by atoms with van der Waals surface area (Å²) >= 11 is 1.32. The lowest BCUT2D eigenvalue weighted by Gasteiger charge is -2.11. The minimum atomic E-state index is -0.160. The number of amides is 1. The lowest BCUT2D eigenvalue weighted by molar-refractivity contribution is -0.113. The van der Waals surface area contributed by atoms with Gasteiger partial charge in [0.15, 0.2) is 16.7 Å². The fraction of sp³-hybridized carbons (Fsp3) is 0.261. The van der Waals surface area contributed by atoms with E-state index in [4.69, 9.17) is 14.2 Å². The van der Waals surface area contributed by atoms with Crippen LogP contribution in [0, 0.1) is 0 Å². The van der Waals surface area contributed by atoms with Crippen molar-refractivity contribution in [3.8, 4) is 17.2 Å². The zero-order valence-corrected chi connectivity index (χ0v) is 19.1. The predicted octanol–water partition coefficient (Wildman–Crippen LogP) is 3.81. The zero-order valence-electron chi connectivity index (χ0n) is 18.3. The van der Waals surface area contributed by atoms with Crippen LogP contribution in [0.3, 0.4) is 0 Å². The number of rotatable bonds is 11. The predicted molar refractivity (Wildman–Crippen MR) is 125 cm³/mol. The van der Waals surface area contributed by atoms with Crippen molar-refractivity contribution in [2.75, 3.05) is 32.4 Å². The van der Waals surface area contributed by atoms with E-state index in [0.717, 1.165) is 17.1 Å². The molecule has 1 heterocycles. The molecule has 3 aromatic rings. The minimum Gasteiger partial charge on any atom is -0.497 e. The maximum Gasteiger partial charge on any atom is 0.234 e. The number of allylic oxidation sites excluding steroid dienone is 1. The van der Waals surface area contributed by atoms with Crippen LogP contribution in [0.1, 0.15) is 11.4 Å². The van der Waals surface area contributed by atoms with Gasteiger partial charge >= 0.3 is 0 Å². The van der Waals surface area contributed by atoms with Crippen LogP contribution in [0.4, 0.5) is 5.69 Å². The molecule has 0 atom stereocenters. The van der Waals surface area contributed by atoms with Crippen LogP contribution in [0.5, 0.6) is 17.2 Å². The molecule has 3 rings (SSSR count). The molecule has 32 heavy (non-hydrogen) atoms. The van der Waals surface area contributed by atoms with E-state index in [0.29, 0.717) is 35.3 Å². The van der Waals surface area contributed by atoms with Gasteiger partial charge in [0.25, 0.3) is 0 Å². The highest BCUT2D eigenvalue weighted by atomic mass is 32.2. The number of hydrogen-bond acceptors (Lipinski definition) is 7. The summed E-state index contributed by atoms with van der Waals surface area (Å²) in [5.74, 6) is 2.78. The first-order valence-electron chi connectivity index (χ1n) is 9.88. The van der Waals surface area contributed by atoms with Gasteiger partial charge in [-0.2, -0.15) is 0 Å². The Morgan fingerprint density at radius 1 is 1.06 bits per heavy atom. The molecule has 8 nitrogen and oxygen atoms in total. The third-order valence-electron chi connectivity index (χ3n) is 4.63. The largest absolute Gasteiger partial charge is 0.497 e. The second kappa shape index (κ2) is 11.2. The Bertz CT molecular complexity index is 1070. The molecule has 9 heteroatoms. The lowest BCUT2D eigenvalue weighted by Crippen LogP contribution is -2.15. The summed E-state index contributed by atoms with van der Waals surface area (Å²) in [6, 6.07) is 13.0. The number of nitrogens with zero attached hydrogens (tertiary/aromatic N) is 3. The first-order valence-corrected chi connectivity index (χ1v) is 10.9. The second-order valence-corrected chi connectivity index (χ2v) is 7.67. The average molecular weight is 455 g/mol. The summed E-state index contributed by atoms with van der Waals surface area (Å²) in [5.41, 5.74) is 1.72. The van der Waals surface area contributed by atoms with Crippen molar-refractivity contribution in [3.05, 3.63) is 66.5 Å². The number of hydrogen-bond donors (Lipinski definition) is 1. The van der Waals surface area contributed by atoms with Crippen LogP contribution in [0.25, 0.3) is 0 Å². The molecule has 0 spiro atoms. The molecular formula is C23H26N4O4S. The second-order valence-electron chi connectivity index (χ2n) is 6.73. The van der Waals surface area contributed by atoms with Crippen LogP contribution in [0.2, 0.25) is 0 Å². The number of thioether (sulfide) groups is 1. The highest BCUT2D eigenvalue weighted by Crippen LogP contribution is 2.30. The van der Waals surface area contributed by atoms with Gasteiger partial charge in [0.2, 0.25) is 5.91 Å². The molecule has 0 bridgehead atoms. The molecule has 1 N–H and O–H groups in total. The topological polar surface area (TPSA) is 87.5 Å². The molecule has 0 aliphatic heterocycles. The van der Waals surface area contributed by atoms with Gasteiger partial charge in [-0.3, -0.25) is 4.79 Å². The van der Waals surface area contributed by atoms with Gasteiger partial charge in [0.1, 0.15) is 11.6 Å². The van der Waals surface area contributed by atoms with Crippen LogP contribution < -0.4 is 19.5 Å². The molecule has 0 aliphatic rings. The first-order chi connectivity index (χ1) is 15.6. The number of anilines is 1. The third kappa shape index (κ3) is 5.82. The van der Waals surface area contributed by atoms with E-state index in [2.05, 4.69) is 22.1 Å². The fourth-order valence-corrected chi connectivity index (χ4v) is 3.80. The van der Waals surface area contributed by atoms with E-state index < -0.39 is 0 Å². The maximum absolute atomic E-state index is 12.5. The van der Waals surface area contributed by atoms with Crippen LogP contribution in [0.15, 0.2) is 60.3 Å². The van der Waals surface area contributed by atoms with Crippen molar-refractivity contribution in [2.24, 2.45) is 0 Å². The minimum absolute atomic E-state index is 0.160. The SMILES string of the molecule is C=CCn1c(Cc2ccc(OC)cc2)nnc1SCC(=O)Nc1ccc(OC)c(OC)c1. The number of ether oxygens (including phenoxy) is 3. The Balaban J connectivity index is 1.65. The van der Waals surface area contributed by atoms with Gasteiger partial charge < -0.3 is 24.1 Å². The maximum atomic E-state index is 12.5. The summed E-state index contributed by atoms with van der Waals surface area (Å²) in [4.78, 5) is 12.5. The molecule has 2 aromatic carbocycles. The van der Waals surface area contributed by atoms with E-state index in [1.165, 1.54) is 11.8 Å². The monoisotopic (exact) mass is 454 g/mol. The van der Waals surface area contributed by atoms with E-state index >= 15 is 0 Å². The molecule has 1 amide bonds. The molecule has 0 fully saturated rings. The van der Waals surface area contributed by atoms with Crippen molar-refractivity contribution in [1.82, 2.24) is 14.8 Å². The fourth-order valence-electron chi connectivity index (χ4n) is 3.04. The highest BCUT2D eigenvalue weighted by molar-refractivity contribution is 7.99. The molecule has 168 valence electrons. The van der Waals surface area contributed by atoms with Crippen LogP contribution >= 0.6 is 11.8 Å². The molecule has 0 saturated carbocycles. The van der Waals surface area contributed by atoms with Crippen molar-refractivity contribution in [1.29, 1.82) is 0 Å². The van der Waals surface area contributed by atoms with Gasteiger partial charge in [-0.15, -0.1) is 16.8 Å². The van der Waals surface area contributed by atoms with Crippen molar-refractivity contribution in [3.63, 3.8) is 0 Å². The number of methoxy groups -OCH3 is 3. The number of aromatic nitrogens is 3.